The van der Waals surface area contributed by atoms with Crippen LogP contribution in [0.2, 0.25) is 0 Å². The van der Waals surface area contributed by atoms with Gasteiger partial charge in [-0.1, -0.05) is 12.1 Å². The summed E-state index contributed by atoms with van der Waals surface area (Å²) in [4.78, 5) is 40.8. The molecule has 1 atom stereocenters. The van der Waals surface area contributed by atoms with Crippen LogP contribution in [0.15, 0.2) is 30.6 Å². The molecule has 4 amide bonds. The molecule has 0 unspecified atom stereocenters. The van der Waals surface area contributed by atoms with Gasteiger partial charge in [-0.25, -0.2) is 14.3 Å². The summed E-state index contributed by atoms with van der Waals surface area (Å²) in [6.07, 6.45) is 1.41. The summed E-state index contributed by atoms with van der Waals surface area (Å²) in [5, 5.41) is 11.1. The third-order valence-corrected chi connectivity index (χ3v) is 3.67. The number of benzene rings is 1. The molecule has 0 aliphatic carbocycles. The molecular weight excluding hydrogens is 331 g/mol. The Kier molecular flexibility index (Phi) is 4.68. The van der Waals surface area contributed by atoms with E-state index in [4.69, 9.17) is 0 Å². The van der Waals surface area contributed by atoms with Crippen molar-refractivity contribution in [2.24, 2.45) is 0 Å². The highest BCUT2D eigenvalue weighted by atomic mass is 19.1. The Morgan fingerprint density at radius 1 is 1.36 bits per heavy atom. The van der Waals surface area contributed by atoms with E-state index < -0.39 is 23.8 Å². The van der Waals surface area contributed by atoms with Crippen LogP contribution in [0.5, 0.6) is 0 Å². The molecule has 1 aromatic heterocycles. The van der Waals surface area contributed by atoms with Crippen LogP contribution in [-0.2, 0) is 16.1 Å². The van der Waals surface area contributed by atoms with Crippen molar-refractivity contribution in [3.8, 4) is 0 Å². The number of aromatic nitrogens is 3. The molecule has 2 aromatic rings. The molecule has 1 saturated heterocycles. The standard InChI is InChI=1S/C15H15FN6O3/c16-10-3-1-2-9(6-10)7-22-13(24)11(19-15(22)25)4-5-12(23)20-14-17-8-18-21-14/h1-3,6,8,11H,4-5,7H2,(H,19,25)(H2,17,18,20,21,23)/t11-/m1/s1. The van der Waals surface area contributed by atoms with E-state index in [1.165, 1.54) is 24.5 Å². The van der Waals surface area contributed by atoms with E-state index >= 15 is 0 Å². The van der Waals surface area contributed by atoms with Gasteiger partial charge < -0.3 is 5.32 Å². The Morgan fingerprint density at radius 3 is 2.92 bits per heavy atom. The first kappa shape index (κ1) is 16.6. The molecule has 1 fully saturated rings. The molecule has 1 aliphatic heterocycles. The molecule has 3 N–H and O–H groups in total. The second kappa shape index (κ2) is 7.07. The van der Waals surface area contributed by atoms with Crippen molar-refractivity contribution in [2.45, 2.75) is 25.4 Å². The third-order valence-electron chi connectivity index (χ3n) is 3.67. The molecule has 0 saturated carbocycles. The Bertz CT molecular complexity index is 794. The van der Waals surface area contributed by atoms with Crippen LogP contribution in [0.25, 0.3) is 0 Å². The molecule has 1 aromatic carbocycles. The van der Waals surface area contributed by atoms with Gasteiger partial charge in [-0.15, -0.1) is 0 Å². The molecular formula is C15H15FN6O3. The van der Waals surface area contributed by atoms with Crippen LogP contribution >= 0.6 is 0 Å². The van der Waals surface area contributed by atoms with Crippen molar-refractivity contribution in [3.63, 3.8) is 0 Å². The summed E-state index contributed by atoms with van der Waals surface area (Å²) >= 11 is 0. The molecule has 3 rings (SSSR count). The minimum Gasteiger partial charge on any atom is -0.326 e. The smallest absolute Gasteiger partial charge is 0.325 e. The quantitative estimate of drug-likeness (QED) is 0.668. The first-order valence-electron chi connectivity index (χ1n) is 7.54. The first-order valence-corrected chi connectivity index (χ1v) is 7.54. The summed E-state index contributed by atoms with van der Waals surface area (Å²) in [5.74, 6) is -1.03. The van der Waals surface area contributed by atoms with Gasteiger partial charge in [0, 0.05) is 6.42 Å². The van der Waals surface area contributed by atoms with E-state index in [0.29, 0.717) is 5.56 Å². The van der Waals surface area contributed by atoms with E-state index in [1.54, 1.807) is 6.07 Å². The number of anilines is 1. The maximum Gasteiger partial charge on any atom is 0.325 e. The largest absolute Gasteiger partial charge is 0.326 e. The zero-order valence-corrected chi connectivity index (χ0v) is 13.0. The first-order chi connectivity index (χ1) is 12.0. The molecule has 1 aliphatic rings. The molecule has 9 nitrogen and oxygen atoms in total. The summed E-state index contributed by atoms with van der Waals surface area (Å²) in [7, 11) is 0. The number of hydrogen-bond donors (Lipinski definition) is 3. The average Bonchev–Trinajstić information content (AvgIpc) is 3.16. The Labute approximate surface area is 141 Å². The van der Waals surface area contributed by atoms with Crippen LogP contribution in [0.4, 0.5) is 15.1 Å². The topological polar surface area (TPSA) is 120 Å². The van der Waals surface area contributed by atoms with Crippen molar-refractivity contribution in [2.75, 3.05) is 5.32 Å². The van der Waals surface area contributed by atoms with Gasteiger partial charge >= 0.3 is 6.03 Å². The van der Waals surface area contributed by atoms with Gasteiger partial charge in [-0.3, -0.25) is 19.8 Å². The summed E-state index contributed by atoms with van der Waals surface area (Å²) in [6.45, 7) is -0.0246. The van der Waals surface area contributed by atoms with E-state index in [1.807, 2.05) is 0 Å². The zero-order chi connectivity index (χ0) is 17.8. The number of amides is 4. The van der Waals surface area contributed by atoms with Gasteiger partial charge in [0.05, 0.1) is 6.54 Å². The number of imide groups is 1. The molecule has 10 heteroatoms. The SMILES string of the molecule is O=C(CC[C@H]1NC(=O)N(Cc2cccc(F)c2)C1=O)Nc1ncn[nH]1. The highest BCUT2D eigenvalue weighted by molar-refractivity contribution is 6.04. The maximum absolute atomic E-state index is 13.2. The highest BCUT2D eigenvalue weighted by Crippen LogP contribution is 2.16. The van der Waals surface area contributed by atoms with Crippen molar-refractivity contribution < 1.29 is 18.8 Å². The number of rotatable bonds is 6. The van der Waals surface area contributed by atoms with Gasteiger partial charge in [-0.2, -0.15) is 10.1 Å². The van der Waals surface area contributed by atoms with Crippen LogP contribution in [0.3, 0.4) is 0 Å². The monoisotopic (exact) mass is 346 g/mol. The van der Waals surface area contributed by atoms with Gasteiger partial charge in [0.25, 0.3) is 5.91 Å². The minimum absolute atomic E-state index is 0.0190. The molecule has 0 radical (unpaired) electrons. The second-order valence-electron chi connectivity index (χ2n) is 5.48. The molecule has 25 heavy (non-hydrogen) atoms. The van der Waals surface area contributed by atoms with Crippen LogP contribution in [-0.4, -0.2) is 44.0 Å². The molecule has 2 heterocycles. The van der Waals surface area contributed by atoms with Gasteiger partial charge in [-0.05, 0) is 24.1 Å². The summed E-state index contributed by atoms with van der Waals surface area (Å²) < 4.78 is 13.2. The number of carbonyl (C=O) groups is 3. The second-order valence-corrected chi connectivity index (χ2v) is 5.48. The molecule has 130 valence electrons. The number of halogens is 1. The fourth-order valence-electron chi connectivity index (χ4n) is 2.48. The fourth-order valence-corrected chi connectivity index (χ4v) is 2.48. The van der Waals surface area contributed by atoms with E-state index in [2.05, 4.69) is 25.8 Å². The predicted octanol–water partition coefficient (Wildman–Crippen LogP) is 0.783. The number of aromatic amines is 1. The Morgan fingerprint density at radius 2 is 2.20 bits per heavy atom. The lowest BCUT2D eigenvalue weighted by atomic mass is 10.1. The van der Waals surface area contributed by atoms with E-state index in [0.717, 1.165) is 4.90 Å². The lowest BCUT2D eigenvalue weighted by Crippen LogP contribution is -2.31. The van der Waals surface area contributed by atoms with E-state index in [-0.39, 0.29) is 31.2 Å². The summed E-state index contributed by atoms with van der Waals surface area (Å²) in [5.41, 5.74) is 0.507. The van der Waals surface area contributed by atoms with Crippen molar-refractivity contribution in [1.29, 1.82) is 0 Å². The van der Waals surface area contributed by atoms with Crippen molar-refractivity contribution >= 4 is 23.8 Å². The van der Waals surface area contributed by atoms with Crippen LogP contribution < -0.4 is 10.6 Å². The van der Waals surface area contributed by atoms with Crippen LogP contribution in [0, 0.1) is 5.82 Å². The molecule has 0 spiro atoms. The van der Waals surface area contributed by atoms with Crippen LogP contribution in [0.1, 0.15) is 18.4 Å². The third kappa shape index (κ3) is 3.97. The lowest BCUT2D eigenvalue weighted by Gasteiger charge is -2.13. The average molecular weight is 346 g/mol. The van der Waals surface area contributed by atoms with Crippen molar-refractivity contribution in [1.82, 2.24) is 25.4 Å². The minimum atomic E-state index is -0.790. The summed E-state index contributed by atoms with van der Waals surface area (Å²) in [6, 6.07) is 4.33. The predicted molar refractivity (Wildman–Crippen MR) is 83.5 cm³/mol. The normalized spacial score (nSPS) is 16.8. The molecule has 0 bridgehead atoms. The van der Waals surface area contributed by atoms with Gasteiger partial charge in [0.1, 0.15) is 18.2 Å². The number of nitrogens with one attached hydrogen (secondary N) is 3. The number of carbonyl (C=O) groups excluding carboxylic acids is 3. The highest BCUT2D eigenvalue weighted by Gasteiger charge is 2.37. The fraction of sp³-hybridized carbons (Fsp3) is 0.267. The Hall–Kier alpha value is -3.30. The van der Waals surface area contributed by atoms with Gasteiger partial charge in [0.15, 0.2) is 0 Å². The van der Waals surface area contributed by atoms with Crippen molar-refractivity contribution in [3.05, 3.63) is 42.0 Å². The van der Waals surface area contributed by atoms with E-state index in [9.17, 15) is 18.8 Å². The maximum atomic E-state index is 13.2. The zero-order valence-electron chi connectivity index (χ0n) is 13.0. The number of urea groups is 1. The number of hydrogen-bond acceptors (Lipinski definition) is 5. The number of H-pyrrole nitrogens is 1. The number of nitrogens with zero attached hydrogens (tertiary/aromatic N) is 3. The van der Waals surface area contributed by atoms with Gasteiger partial charge in [0.2, 0.25) is 11.9 Å². The Balaban J connectivity index is 1.54. The lowest BCUT2D eigenvalue weighted by molar-refractivity contribution is -0.128.